The first kappa shape index (κ1) is 11.9. The lowest BCUT2D eigenvalue weighted by Crippen LogP contribution is -2.47. The van der Waals surface area contributed by atoms with Gasteiger partial charge in [-0.1, -0.05) is 13.8 Å². The van der Waals surface area contributed by atoms with Crippen molar-refractivity contribution in [3.63, 3.8) is 0 Å². The summed E-state index contributed by atoms with van der Waals surface area (Å²) in [4.78, 5) is 0. The number of nitrogens with zero attached hydrogens (tertiary/aromatic N) is 1. The largest absolute Gasteiger partial charge is 0.381 e. The molecule has 3 atom stereocenters. The van der Waals surface area contributed by atoms with Crippen molar-refractivity contribution in [1.82, 2.24) is 4.31 Å². The average molecular weight is 221 g/mol. The fourth-order valence-corrected chi connectivity index (χ4v) is 3.84. The quantitative estimate of drug-likeness (QED) is 0.684. The molecule has 0 N–H and O–H groups in total. The Hall–Kier alpha value is -0.130. The second-order valence-corrected chi connectivity index (χ2v) is 6.59. The van der Waals surface area contributed by atoms with Gasteiger partial charge in [0.1, 0.15) is 0 Å². The van der Waals surface area contributed by atoms with Gasteiger partial charge in [-0.15, -0.1) is 0 Å². The van der Waals surface area contributed by atoms with E-state index in [1.807, 2.05) is 13.8 Å². The number of rotatable bonds is 2. The number of sulfonamides is 1. The van der Waals surface area contributed by atoms with E-state index in [1.54, 1.807) is 14.1 Å². The van der Waals surface area contributed by atoms with Gasteiger partial charge in [0.25, 0.3) is 0 Å². The van der Waals surface area contributed by atoms with E-state index in [2.05, 4.69) is 0 Å². The normalized spacial score (nSPS) is 34.8. The van der Waals surface area contributed by atoms with Crippen molar-refractivity contribution in [3.8, 4) is 0 Å². The molecule has 0 radical (unpaired) electrons. The van der Waals surface area contributed by atoms with Gasteiger partial charge in [-0.25, -0.2) is 12.7 Å². The standard InChI is InChI=1S/C9H19NO3S/c1-7-5-13-6-8(2)9(7)14(11,12)10(3)4/h7-9H,5-6H2,1-4H3/t7-,8+,9?. The molecule has 84 valence electrons. The second-order valence-electron chi connectivity index (χ2n) is 4.28. The zero-order chi connectivity index (χ0) is 10.9. The molecule has 0 saturated carbocycles. The van der Waals surface area contributed by atoms with E-state index in [0.29, 0.717) is 13.2 Å². The number of ether oxygens (including phenoxy) is 1. The van der Waals surface area contributed by atoms with Gasteiger partial charge < -0.3 is 4.74 Å². The molecule has 14 heavy (non-hydrogen) atoms. The van der Waals surface area contributed by atoms with Gasteiger partial charge in [-0.05, 0) is 11.8 Å². The highest BCUT2D eigenvalue weighted by Crippen LogP contribution is 2.27. The molecule has 1 saturated heterocycles. The summed E-state index contributed by atoms with van der Waals surface area (Å²) < 4.78 is 30.6. The third-order valence-electron chi connectivity index (χ3n) is 2.74. The minimum absolute atomic E-state index is 0.0751. The smallest absolute Gasteiger partial charge is 0.217 e. The summed E-state index contributed by atoms with van der Waals surface area (Å²) in [5.41, 5.74) is 0. The van der Waals surface area contributed by atoms with Gasteiger partial charge >= 0.3 is 0 Å². The van der Waals surface area contributed by atoms with Crippen molar-refractivity contribution in [2.45, 2.75) is 19.1 Å². The van der Waals surface area contributed by atoms with Crippen LogP contribution in [0.3, 0.4) is 0 Å². The van der Waals surface area contributed by atoms with E-state index in [0.717, 1.165) is 0 Å². The monoisotopic (exact) mass is 221 g/mol. The van der Waals surface area contributed by atoms with Gasteiger partial charge in [0.2, 0.25) is 10.0 Å². The van der Waals surface area contributed by atoms with Crippen LogP contribution in [0.15, 0.2) is 0 Å². The van der Waals surface area contributed by atoms with E-state index in [1.165, 1.54) is 4.31 Å². The van der Waals surface area contributed by atoms with Crippen molar-refractivity contribution in [2.24, 2.45) is 11.8 Å². The molecule has 0 aromatic heterocycles. The summed E-state index contributed by atoms with van der Waals surface area (Å²) in [5.74, 6) is 0.150. The van der Waals surface area contributed by atoms with Gasteiger partial charge in [-0.3, -0.25) is 0 Å². The van der Waals surface area contributed by atoms with Crippen molar-refractivity contribution in [1.29, 1.82) is 0 Å². The summed E-state index contributed by atoms with van der Waals surface area (Å²) in [6, 6.07) is 0. The molecule has 0 aromatic rings. The summed E-state index contributed by atoms with van der Waals surface area (Å²) in [6.45, 7) is 4.95. The minimum Gasteiger partial charge on any atom is -0.381 e. The molecule has 0 spiro atoms. The molecule has 0 aliphatic carbocycles. The molecule has 1 fully saturated rings. The third-order valence-corrected chi connectivity index (χ3v) is 5.37. The van der Waals surface area contributed by atoms with Crippen LogP contribution in [0, 0.1) is 11.8 Å². The summed E-state index contributed by atoms with van der Waals surface area (Å²) >= 11 is 0. The van der Waals surface area contributed by atoms with E-state index < -0.39 is 10.0 Å². The highest BCUT2D eigenvalue weighted by atomic mass is 32.2. The maximum atomic E-state index is 12.0. The Morgan fingerprint density at radius 1 is 1.14 bits per heavy atom. The van der Waals surface area contributed by atoms with Crippen molar-refractivity contribution in [3.05, 3.63) is 0 Å². The van der Waals surface area contributed by atoms with Gasteiger partial charge in [0, 0.05) is 14.1 Å². The molecule has 5 heteroatoms. The predicted molar refractivity (Wildman–Crippen MR) is 55.5 cm³/mol. The van der Waals surface area contributed by atoms with Crippen LogP contribution >= 0.6 is 0 Å². The Morgan fingerprint density at radius 3 is 1.93 bits per heavy atom. The fourth-order valence-electron chi connectivity index (χ4n) is 2.02. The molecular weight excluding hydrogens is 202 g/mol. The molecule has 0 aromatic carbocycles. The first-order chi connectivity index (χ1) is 6.37. The van der Waals surface area contributed by atoms with Crippen molar-refractivity contribution in [2.75, 3.05) is 27.3 Å². The Bertz CT molecular complexity index is 276. The zero-order valence-corrected chi connectivity index (χ0v) is 10.0. The Morgan fingerprint density at radius 2 is 1.57 bits per heavy atom. The number of hydrogen-bond donors (Lipinski definition) is 0. The van der Waals surface area contributed by atoms with Crippen LogP contribution in [0.25, 0.3) is 0 Å². The molecule has 1 aliphatic rings. The molecule has 1 aliphatic heterocycles. The molecular formula is C9H19NO3S. The second kappa shape index (κ2) is 4.16. The van der Waals surface area contributed by atoms with E-state index >= 15 is 0 Å². The molecule has 0 bridgehead atoms. The molecule has 4 nitrogen and oxygen atoms in total. The van der Waals surface area contributed by atoms with E-state index in [9.17, 15) is 8.42 Å². The van der Waals surface area contributed by atoms with Crippen LogP contribution in [0.1, 0.15) is 13.8 Å². The third kappa shape index (κ3) is 2.10. The van der Waals surface area contributed by atoms with Crippen LogP contribution < -0.4 is 0 Å². The highest BCUT2D eigenvalue weighted by Gasteiger charge is 2.39. The van der Waals surface area contributed by atoms with Gasteiger partial charge in [-0.2, -0.15) is 0 Å². The fraction of sp³-hybridized carbons (Fsp3) is 1.00. The topological polar surface area (TPSA) is 46.6 Å². The summed E-state index contributed by atoms with van der Waals surface area (Å²) in [6.07, 6.45) is 0. The van der Waals surface area contributed by atoms with Gasteiger partial charge in [0.15, 0.2) is 0 Å². The zero-order valence-electron chi connectivity index (χ0n) is 9.23. The molecule has 1 unspecified atom stereocenters. The first-order valence-electron chi connectivity index (χ1n) is 4.86. The molecule has 1 heterocycles. The lowest BCUT2D eigenvalue weighted by atomic mass is 9.95. The van der Waals surface area contributed by atoms with Crippen LogP contribution in [0.4, 0.5) is 0 Å². The van der Waals surface area contributed by atoms with Crippen molar-refractivity contribution < 1.29 is 13.2 Å². The average Bonchev–Trinajstić information content (AvgIpc) is 2.02. The Kier molecular flexibility index (Phi) is 3.55. The van der Waals surface area contributed by atoms with Gasteiger partial charge in [0.05, 0.1) is 18.5 Å². The Balaban J connectivity index is 2.93. The lowest BCUT2D eigenvalue weighted by Gasteiger charge is -2.35. The number of hydrogen-bond acceptors (Lipinski definition) is 3. The summed E-state index contributed by atoms with van der Waals surface area (Å²) in [5, 5.41) is -0.300. The van der Waals surface area contributed by atoms with E-state index in [-0.39, 0.29) is 17.1 Å². The van der Waals surface area contributed by atoms with Crippen LogP contribution in [0.2, 0.25) is 0 Å². The summed E-state index contributed by atoms with van der Waals surface area (Å²) in [7, 11) is 0.0301. The van der Waals surface area contributed by atoms with Crippen LogP contribution in [-0.4, -0.2) is 45.3 Å². The first-order valence-corrected chi connectivity index (χ1v) is 6.36. The maximum absolute atomic E-state index is 12.0. The molecule has 1 rings (SSSR count). The van der Waals surface area contributed by atoms with Crippen molar-refractivity contribution >= 4 is 10.0 Å². The SMILES string of the molecule is C[C@@H]1COC[C@H](C)C1S(=O)(=O)N(C)C. The molecule has 0 amide bonds. The Labute approximate surface area is 86.3 Å². The maximum Gasteiger partial charge on any atom is 0.217 e. The lowest BCUT2D eigenvalue weighted by molar-refractivity contribution is 0.0293. The minimum atomic E-state index is -3.14. The van der Waals surface area contributed by atoms with Crippen LogP contribution in [0.5, 0.6) is 0 Å². The van der Waals surface area contributed by atoms with E-state index in [4.69, 9.17) is 4.74 Å². The predicted octanol–water partition coefficient (Wildman–Crippen LogP) is 0.549. The highest BCUT2D eigenvalue weighted by molar-refractivity contribution is 7.89. The van der Waals surface area contributed by atoms with Crippen LogP contribution in [-0.2, 0) is 14.8 Å².